The van der Waals surface area contributed by atoms with E-state index in [1.165, 1.54) is 10.9 Å². The van der Waals surface area contributed by atoms with Gasteiger partial charge in [0.2, 0.25) is 5.91 Å². The molecule has 1 N–H and O–H groups in total. The number of aromatic nitrogens is 2. The first-order valence-corrected chi connectivity index (χ1v) is 5.54. The SMILES string of the molecule is Cc1c([N+](=O)[O-])cnn1CC(=O)NCc1ccco1. The highest BCUT2D eigenvalue weighted by Gasteiger charge is 2.17. The van der Waals surface area contributed by atoms with Gasteiger partial charge in [-0.25, -0.2) is 0 Å². The first-order valence-electron chi connectivity index (χ1n) is 5.54. The molecule has 0 saturated carbocycles. The van der Waals surface area contributed by atoms with Crippen LogP contribution < -0.4 is 5.32 Å². The third kappa shape index (κ3) is 2.97. The van der Waals surface area contributed by atoms with E-state index in [1.54, 1.807) is 19.1 Å². The molecule has 8 nitrogen and oxygen atoms in total. The number of nitrogens with zero attached hydrogens (tertiary/aromatic N) is 3. The van der Waals surface area contributed by atoms with Crippen LogP contribution in [0.1, 0.15) is 11.5 Å². The summed E-state index contributed by atoms with van der Waals surface area (Å²) in [5.41, 5.74) is 0.247. The monoisotopic (exact) mass is 264 g/mol. The van der Waals surface area contributed by atoms with Crippen molar-refractivity contribution >= 4 is 11.6 Å². The minimum Gasteiger partial charge on any atom is -0.467 e. The molecule has 0 unspecified atom stereocenters. The van der Waals surface area contributed by atoms with Crippen LogP contribution in [0.25, 0.3) is 0 Å². The zero-order valence-corrected chi connectivity index (χ0v) is 10.2. The molecular weight excluding hydrogens is 252 g/mol. The molecule has 0 aromatic carbocycles. The van der Waals surface area contributed by atoms with Crippen LogP contribution in [0.15, 0.2) is 29.0 Å². The van der Waals surface area contributed by atoms with Crippen LogP contribution in [0, 0.1) is 17.0 Å². The summed E-state index contributed by atoms with van der Waals surface area (Å²) in [6, 6.07) is 3.47. The number of nitrogens with one attached hydrogen (secondary N) is 1. The van der Waals surface area contributed by atoms with E-state index < -0.39 is 4.92 Å². The van der Waals surface area contributed by atoms with Gasteiger partial charge in [-0.3, -0.25) is 19.6 Å². The van der Waals surface area contributed by atoms with E-state index in [1.807, 2.05) is 0 Å². The van der Waals surface area contributed by atoms with Gasteiger partial charge in [0.25, 0.3) is 0 Å². The third-order valence-corrected chi connectivity index (χ3v) is 2.61. The standard InChI is InChI=1S/C11H12N4O4/c1-8-10(15(17)18)6-13-14(8)7-11(16)12-5-9-3-2-4-19-9/h2-4,6H,5,7H2,1H3,(H,12,16). The Morgan fingerprint density at radius 2 is 2.42 bits per heavy atom. The zero-order valence-electron chi connectivity index (χ0n) is 10.2. The summed E-state index contributed by atoms with van der Waals surface area (Å²) in [5, 5.41) is 17.1. The van der Waals surface area contributed by atoms with Crippen LogP contribution in [-0.2, 0) is 17.9 Å². The quantitative estimate of drug-likeness (QED) is 0.641. The Morgan fingerprint density at radius 1 is 1.63 bits per heavy atom. The van der Waals surface area contributed by atoms with Gasteiger partial charge in [0.05, 0.1) is 17.7 Å². The van der Waals surface area contributed by atoms with Crippen LogP contribution in [-0.4, -0.2) is 20.6 Å². The first kappa shape index (κ1) is 12.8. The maximum absolute atomic E-state index is 11.7. The Kier molecular flexibility index (Phi) is 3.60. The molecule has 2 rings (SSSR count). The summed E-state index contributed by atoms with van der Waals surface area (Å²) in [6.07, 6.45) is 2.65. The molecule has 0 saturated heterocycles. The fraction of sp³-hybridized carbons (Fsp3) is 0.273. The van der Waals surface area contributed by atoms with Crippen molar-refractivity contribution in [2.45, 2.75) is 20.0 Å². The van der Waals surface area contributed by atoms with Crippen LogP contribution in [0.4, 0.5) is 5.69 Å². The van der Waals surface area contributed by atoms with E-state index in [4.69, 9.17) is 4.42 Å². The van der Waals surface area contributed by atoms with Crippen molar-refractivity contribution in [1.29, 1.82) is 0 Å². The van der Waals surface area contributed by atoms with Gasteiger partial charge < -0.3 is 9.73 Å². The molecular formula is C11H12N4O4. The molecule has 2 aromatic heterocycles. The average molecular weight is 264 g/mol. The van der Waals surface area contributed by atoms with E-state index in [0.29, 0.717) is 11.5 Å². The molecule has 0 bridgehead atoms. The Labute approximate surface area is 108 Å². The molecule has 8 heteroatoms. The molecule has 0 aliphatic rings. The fourth-order valence-corrected chi connectivity index (χ4v) is 1.57. The second-order valence-corrected chi connectivity index (χ2v) is 3.89. The van der Waals surface area contributed by atoms with Gasteiger partial charge in [0.1, 0.15) is 24.2 Å². The van der Waals surface area contributed by atoms with Crippen molar-refractivity contribution in [2.75, 3.05) is 0 Å². The zero-order chi connectivity index (χ0) is 13.8. The molecule has 0 atom stereocenters. The lowest BCUT2D eigenvalue weighted by molar-refractivity contribution is -0.385. The average Bonchev–Trinajstić information content (AvgIpc) is 2.98. The van der Waals surface area contributed by atoms with Crippen molar-refractivity contribution in [3.63, 3.8) is 0 Å². The van der Waals surface area contributed by atoms with Crippen molar-refractivity contribution in [2.24, 2.45) is 0 Å². The topological polar surface area (TPSA) is 103 Å². The number of furan rings is 1. The predicted octanol–water partition coefficient (Wildman–Crippen LogP) is 1.01. The van der Waals surface area contributed by atoms with Crippen LogP contribution in [0.3, 0.4) is 0 Å². The number of carbonyl (C=O) groups excluding carboxylic acids is 1. The highest BCUT2D eigenvalue weighted by molar-refractivity contribution is 5.75. The maximum atomic E-state index is 11.7. The minimum absolute atomic E-state index is 0.0691. The number of amides is 1. The minimum atomic E-state index is -0.528. The van der Waals surface area contributed by atoms with E-state index in [-0.39, 0.29) is 24.7 Å². The lowest BCUT2D eigenvalue weighted by atomic mass is 10.4. The number of rotatable bonds is 5. The lowest BCUT2D eigenvalue weighted by Gasteiger charge is -2.04. The Hall–Kier alpha value is -2.64. The van der Waals surface area contributed by atoms with Crippen LogP contribution >= 0.6 is 0 Å². The van der Waals surface area contributed by atoms with Crippen molar-refractivity contribution in [3.8, 4) is 0 Å². The first-order chi connectivity index (χ1) is 9.08. The summed E-state index contributed by atoms with van der Waals surface area (Å²) >= 11 is 0. The molecule has 100 valence electrons. The van der Waals surface area contributed by atoms with Gasteiger partial charge >= 0.3 is 5.69 Å². The van der Waals surface area contributed by atoms with Crippen molar-refractivity contribution < 1.29 is 14.1 Å². The summed E-state index contributed by atoms with van der Waals surface area (Å²) in [6.45, 7) is 1.75. The number of hydrogen-bond donors (Lipinski definition) is 1. The van der Waals surface area contributed by atoms with Gasteiger partial charge in [-0.15, -0.1) is 0 Å². The van der Waals surface area contributed by atoms with E-state index in [9.17, 15) is 14.9 Å². The maximum Gasteiger partial charge on any atom is 0.309 e. The van der Waals surface area contributed by atoms with E-state index in [0.717, 1.165) is 6.20 Å². The molecule has 0 fully saturated rings. The fourth-order valence-electron chi connectivity index (χ4n) is 1.57. The Bertz CT molecular complexity index is 588. The number of hydrogen-bond acceptors (Lipinski definition) is 5. The number of nitro groups is 1. The molecule has 0 aliphatic heterocycles. The summed E-state index contributed by atoms with van der Waals surface area (Å²) < 4.78 is 6.35. The van der Waals surface area contributed by atoms with E-state index >= 15 is 0 Å². The van der Waals surface area contributed by atoms with Crippen LogP contribution in [0.2, 0.25) is 0 Å². The molecule has 19 heavy (non-hydrogen) atoms. The molecule has 2 heterocycles. The molecule has 0 radical (unpaired) electrons. The summed E-state index contributed by atoms with van der Waals surface area (Å²) in [5.74, 6) is 0.342. The molecule has 1 amide bonds. The Balaban J connectivity index is 1.93. The normalized spacial score (nSPS) is 10.4. The smallest absolute Gasteiger partial charge is 0.309 e. The van der Waals surface area contributed by atoms with Crippen LogP contribution in [0.5, 0.6) is 0 Å². The summed E-state index contributed by atoms with van der Waals surface area (Å²) in [4.78, 5) is 21.8. The second kappa shape index (κ2) is 5.34. The highest BCUT2D eigenvalue weighted by Crippen LogP contribution is 2.15. The van der Waals surface area contributed by atoms with Gasteiger partial charge in [0, 0.05) is 0 Å². The van der Waals surface area contributed by atoms with Crippen molar-refractivity contribution in [3.05, 3.63) is 46.2 Å². The summed E-state index contributed by atoms with van der Waals surface area (Å²) in [7, 11) is 0. The predicted molar refractivity (Wildman–Crippen MR) is 64.2 cm³/mol. The largest absolute Gasteiger partial charge is 0.467 e. The van der Waals surface area contributed by atoms with Gasteiger partial charge in [-0.1, -0.05) is 0 Å². The van der Waals surface area contributed by atoms with Gasteiger partial charge in [-0.05, 0) is 19.1 Å². The van der Waals surface area contributed by atoms with Crippen molar-refractivity contribution in [1.82, 2.24) is 15.1 Å². The highest BCUT2D eigenvalue weighted by atomic mass is 16.6. The molecule has 0 aliphatic carbocycles. The van der Waals surface area contributed by atoms with E-state index in [2.05, 4.69) is 10.4 Å². The van der Waals surface area contributed by atoms with Gasteiger partial charge in [-0.2, -0.15) is 5.10 Å². The Morgan fingerprint density at radius 3 is 3.00 bits per heavy atom. The molecule has 0 spiro atoms. The lowest BCUT2D eigenvalue weighted by Crippen LogP contribution is -2.27. The third-order valence-electron chi connectivity index (χ3n) is 2.61. The number of carbonyl (C=O) groups is 1. The van der Waals surface area contributed by atoms with Gasteiger partial charge in [0.15, 0.2) is 0 Å². The second-order valence-electron chi connectivity index (χ2n) is 3.89. The molecule has 2 aromatic rings.